The van der Waals surface area contributed by atoms with Crippen molar-refractivity contribution in [1.82, 2.24) is 0 Å². The van der Waals surface area contributed by atoms with Crippen molar-refractivity contribution < 1.29 is 0 Å². The van der Waals surface area contributed by atoms with Crippen molar-refractivity contribution in [2.24, 2.45) is 40.7 Å². The summed E-state index contributed by atoms with van der Waals surface area (Å²) < 4.78 is 0. The summed E-state index contributed by atoms with van der Waals surface area (Å²) in [4.78, 5) is 0. The van der Waals surface area contributed by atoms with E-state index in [4.69, 9.17) is 5.73 Å². The second-order valence-corrected chi connectivity index (χ2v) is 7.89. The van der Waals surface area contributed by atoms with Gasteiger partial charge in [-0.2, -0.15) is 0 Å². The summed E-state index contributed by atoms with van der Waals surface area (Å²) in [6, 6.07) is 0.409. The first-order valence-electron chi connectivity index (χ1n) is 7.76. The summed E-state index contributed by atoms with van der Waals surface area (Å²) in [6.07, 6.45) is 9.14. The molecule has 0 aromatic heterocycles. The fourth-order valence-electron chi connectivity index (χ4n) is 5.72. The van der Waals surface area contributed by atoms with Crippen molar-refractivity contribution in [3.63, 3.8) is 0 Å². The molecular weight excluding hydrogens is 206 g/mol. The topological polar surface area (TPSA) is 26.0 Å². The Kier molecular flexibility index (Phi) is 2.81. The quantitative estimate of drug-likeness (QED) is 0.790. The molecule has 1 nitrogen and oxygen atoms in total. The van der Waals surface area contributed by atoms with Gasteiger partial charge in [-0.25, -0.2) is 0 Å². The van der Waals surface area contributed by atoms with Crippen LogP contribution in [0.2, 0.25) is 0 Å². The molecule has 4 fully saturated rings. The maximum atomic E-state index is 6.48. The summed E-state index contributed by atoms with van der Waals surface area (Å²) in [5, 5.41) is 0. The normalized spacial score (nSPS) is 47.5. The van der Waals surface area contributed by atoms with Gasteiger partial charge < -0.3 is 5.73 Å². The van der Waals surface area contributed by atoms with Crippen LogP contribution in [0.3, 0.4) is 0 Å². The van der Waals surface area contributed by atoms with Crippen LogP contribution in [0.25, 0.3) is 0 Å². The summed E-state index contributed by atoms with van der Waals surface area (Å²) in [6.45, 7) is 7.04. The molecule has 0 radical (unpaired) electrons. The average molecular weight is 235 g/mol. The second-order valence-electron chi connectivity index (χ2n) is 7.89. The lowest BCUT2D eigenvalue weighted by Crippen LogP contribution is -2.53. The highest BCUT2D eigenvalue weighted by Crippen LogP contribution is 2.63. The van der Waals surface area contributed by atoms with E-state index >= 15 is 0 Å². The zero-order chi connectivity index (χ0) is 12.2. The Balaban J connectivity index is 1.81. The van der Waals surface area contributed by atoms with Gasteiger partial charge in [-0.15, -0.1) is 0 Å². The highest BCUT2D eigenvalue weighted by molar-refractivity contribution is 5.05. The van der Waals surface area contributed by atoms with E-state index in [9.17, 15) is 0 Å². The molecule has 0 spiro atoms. The van der Waals surface area contributed by atoms with Crippen molar-refractivity contribution in [3.05, 3.63) is 0 Å². The van der Waals surface area contributed by atoms with Gasteiger partial charge in [0.2, 0.25) is 0 Å². The molecule has 17 heavy (non-hydrogen) atoms. The minimum absolute atomic E-state index is 0.409. The lowest BCUT2D eigenvalue weighted by atomic mass is 9.46. The monoisotopic (exact) mass is 235 g/mol. The Morgan fingerprint density at radius 2 is 1.29 bits per heavy atom. The van der Waals surface area contributed by atoms with Crippen LogP contribution in [-0.4, -0.2) is 6.04 Å². The van der Waals surface area contributed by atoms with Gasteiger partial charge in [-0.3, -0.25) is 0 Å². The van der Waals surface area contributed by atoms with E-state index in [1.54, 1.807) is 19.3 Å². The Labute approximate surface area is 107 Å². The number of hydrogen-bond donors (Lipinski definition) is 1. The van der Waals surface area contributed by atoms with Crippen LogP contribution in [0.5, 0.6) is 0 Å². The van der Waals surface area contributed by atoms with Gasteiger partial charge in [0, 0.05) is 6.04 Å². The van der Waals surface area contributed by atoms with Gasteiger partial charge >= 0.3 is 0 Å². The highest BCUT2D eigenvalue weighted by Gasteiger charge is 2.53. The zero-order valence-electron chi connectivity index (χ0n) is 11.8. The first-order chi connectivity index (χ1) is 8.00. The number of nitrogens with two attached hydrogens (primary N) is 1. The lowest BCUT2D eigenvalue weighted by Gasteiger charge is -2.60. The van der Waals surface area contributed by atoms with Crippen molar-refractivity contribution in [2.45, 2.75) is 65.3 Å². The molecule has 4 bridgehead atoms. The van der Waals surface area contributed by atoms with Crippen molar-refractivity contribution in [1.29, 1.82) is 0 Å². The first-order valence-corrected chi connectivity index (χ1v) is 7.76. The molecule has 0 heterocycles. The zero-order valence-corrected chi connectivity index (χ0v) is 11.8. The van der Waals surface area contributed by atoms with Gasteiger partial charge in [0.15, 0.2) is 0 Å². The van der Waals surface area contributed by atoms with Gasteiger partial charge in [0.25, 0.3) is 0 Å². The summed E-state index contributed by atoms with van der Waals surface area (Å²) in [5.41, 5.74) is 7.12. The van der Waals surface area contributed by atoms with Crippen LogP contribution in [-0.2, 0) is 0 Å². The van der Waals surface area contributed by atoms with E-state index in [1.165, 1.54) is 19.3 Å². The first kappa shape index (κ1) is 12.0. The Morgan fingerprint density at radius 1 is 0.882 bits per heavy atom. The molecule has 2 unspecified atom stereocenters. The van der Waals surface area contributed by atoms with Crippen molar-refractivity contribution in [3.8, 4) is 0 Å². The third-order valence-corrected chi connectivity index (χ3v) is 6.40. The van der Waals surface area contributed by atoms with Gasteiger partial charge in [0.1, 0.15) is 0 Å². The molecule has 0 saturated heterocycles. The molecule has 2 N–H and O–H groups in total. The molecule has 2 atom stereocenters. The molecule has 4 rings (SSSR count). The minimum Gasteiger partial charge on any atom is -0.327 e. The predicted octanol–water partition coefficient (Wildman–Crippen LogP) is 3.82. The minimum atomic E-state index is 0.409. The summed E-state index contributed by atoms with van der Waals surface area (Å²) in [5.74, 6) is 4.54. The van der Waals surface area contributed by atoms with Gasteiger partial charge in [0.05, 0.1) is 0 Å². The van der Waals surface area contributed by atoms with Crippen LogP contribution < -0.4 is 5.73 Å². The SMILES string of the molecule is CC(C)C(N)C(C)C12CC3CC(CC(C3)C1)C2. The Hall–Kier alpha value is -0.0400. The van der Waals surface area contributed by atoms with E-state index in [2.05, 4.69) is 20.8 Å². The molecule has 0 amide bonds. The van der Waals surface area contributed by atoms with Crippen LogP contribution in [0.4, 0.5) is 0 Å². The van der Waals surface area contributed by atoms with E-state index in [0.29, 0.717) is 17.4 Å². The molecule has 0 aromatic rings. The molecule has 4 saturated carbocycles. The van der Waals surface area contributed by atoms with E-state index in [0.717, 1.165) is 23.7 Å². The van der Waals surface area contributed by atoms with Crippen molar-refractivity contribution >= 4 is 0 Å². The van der Waals surface area contributed by atoms with E-state index in [-0.39, 0.29) is 0 Å². The Morgan fingerprint density at radius 3 is 1.65 bits per heavy atom. The van der Waals surface area contributed by atoms with Crippen LogP contribution in [0, 0.1) is 35.0 Å². The van der Waals surface area contributed by atoms with Gasteiger partial charge in [-0.1, -0.05) is 20.8 Å². The fourth-order valence-corrected chi connectivity index (χ4v) is 5.72. The molecule has 0 aliphatic heterocycles. The van der Waals surface area contributed by atoms with E-state index in [1.807, 2.05) is 0 Å². The van der Waals surface area contributed by atoms with Crippen LogP contribution in [0.1, 0.15) is 59.3 Å². The largest absolute Gasteiger partial charge is 0.327 e. The molecule has 1 heteroatoms. The van der Waals surface area contributed by atoms with Gasteiger partial charge in [-0.05, 0) is 73.5 Å². The molecule has 98 valence electrons. The number of hydrogen-bond acceptors (Lipinski definition) is 1. The molecule has 4 aliphatic carbocycles. The van der Waals surface area contributed by atoms with Crippen molar-refractivity contribution in [2.75, 3.05) is 0 Å². The van der Waals surface area contributed by atoms with Crippen LogP contribution >= 0.6 is 0 Å². The van der Waals surface area contributed by atoms with Crippen LogP contribution in [0.15, 0.2) is 0 Å². The van der Waals surface area contributed by atoms with E-state index < -0.39 is 0 Å². The maximum absolute atomic E-state index is 6.48. The fraction of sp³-hybridized carbons (Fsp3) is 1.00. The maximum Gasteiger partial charge on any atom is 0.00930 e. The predicted molar refractivity (Wildman–Crippen MR) is 72.6 cm³/mol. The standard InChI is InChI=1S/C16H29N/c1-10(2)15(17)11(3)16-7-12-4-13(8-16)6-14(5-12)9-16/h10-15H,4-9,17H2,1-3H3. The molecule has 0 aromatic carbocycles. The smallest absolute Gasteiger partial charge is 0.00930 e. The summed E-state index contributed by atoms with van der Waals surface area (Å²) >= 11 is 0. The molecule has 4 aliphatic rings. The summed E-state index contributed by atoms with van der Waals surface area (Å²) in [7, 11) is 0. The lowest BCUT2D eigenvalue weighted by molar-refractivity contribution is -0.0911. The molecular formula is C16H29N. The second kappa shape index (κ2) is 3.98. The third kappa shape index (κ3) is 1.85. The Bertz CT molecular complexity index is 259. The number of rotatable bonds is 3. The average Bonchev–Trinajstić information content (AvgIpc) is 2.25. The highest BCUT2D eigenvalue weighted by atomic mass is 14.7. The third-order valence-electron chi connectivity index (χ3n) is 6.40.